The van der Waals surface area contributed by atoms with E-state index in [0.717, 1.165) is 57.9 Å². The number of ether oxygens (including phenoxy) is 7. The molecule has 5 amide bonds. The molecule has 1 unspecified atom stereocenters. The number of rotatable bonds is 27. The molecule has 0 saturated carbocycles. The zero-order valence-corrected chi connectivity index (χ0v) is 47.2. The lowest BCUT2D eigenvalue weighted by Crippen LogP contribution is -2.41. The van der Waals surface area contributed by atoms with Crippen LogP contribution >= 0.6 is 11.8 Å². The molecular weight excluding hydrogens is 1040 g/mol. The smallest absolute Gasteiger partial charge is 0.260 e. The standard InChI is InChI=1S/C60H71N7O12S/c1-60(2,80-54-33-56(69)66(59(54)72)18-16-55(61)68)37-64(19-20-76-23-24-77-22-21-73-4)42-26-38(35-78-52-31-46(62-3)44(29-50(52)74-5)57(70)65-17-15-40-11-7-9-13-48(40)65)25-39(27-42)36-79-53-32-47-45(30-51(53)75-6)58(71)67-43(34-63-47)28-41-12-8-10-14-49(41)67/h7-9,11-13,25-27,29-32,34,43,54,62H,10,14-24,28,33,35-37H2,1-6H3,(H2,61,68)/t43-,54?/m0/s1. The summed E-state index contributed by atoms with van der Waals surface area (Å²) in [5.74, 6) is -0.000980. The van der Waals surface area contributed by atoms with Crippen LogP contribution in [0.25, 0.3) is 0 Å². The summed E-state index contributed by atoms with van der Waals surface area (Å²) in [6.45, 7) is 7.48. The highest BCUT2D eigenvalue weighted by Gasteiger charge is 2.43. The average Bonchev–Trinajstić information content (AvgIpc) is 4.25. The van der Waals surface area contributed by atoms with Crippen LogP contribution in [-0.2, 0) is 48.2 Å². The molecule has 0 spiro atoms. The van der Waals surface area contributed by atoms with Crippen LogP contribution in [0.1, 0.15) is 83.4 Å². The monoisotopic (exact) mass is 1110 g/mol. The number of carbonyl (C=O) groups is 5. The number of imide groups is 1. The number of nitrogens with zero attached hydrogens (tertiary/aromatic N) is 5. The summed E-state index contributed by atoms with van der Waals surface area (Å²) in [7, 11) is 6.46. The third-order valence-electron chi connectivity index (χ3n) is 14.7. The number of amides is 5. The number of likely N-dealkylation sites (tertiary alicyclic amines) is 1. The summed E-state index contributed by atoms with van der Waals surface area (Å²) >= 11 is 1.41. The van der Waals surface area contributed by atoms with Crippen LogP contribution in [0.3, 0.4) is 0 Å². The van der Waals surface area contributed by atoms with Crippen molar-refractivity contribution in [1.29, 1.82) is 0 Å². The van der Waals surface area contributed by atoms with Crippen molar-refractivity contribution >= 4 is 70.3 Å². The molecule has 4 aliphatic heterocycles. The molecule has 4 aromatic carbocycles. The van der Waals surface area contributed by atoms with Crippen LogP contribution < -0.4 is 39.8 Å². The van der Waals surface area contributed by atoms with Gasteiger partial charge >= 0.3 is 0 Å². The Balaban J connectivity index is 1.02. The summed E-state index contributed by atoms with van der Waals surface area (Å²) in [6, 6.07) is 20.7. The number of allylic oxidation sites excluding steroid dienone is 3. The first-order chi connectivity index (χ1) is 38.7. The van der Waals surface area contributed by atoms with Crippen molar-refractivity contribution in [3.05, 3.63) is 118 Å². The Labute approximate surface area is 471 Å². The van der Waals surface area contributed by atoms with Crippen LogP contribution in [0.5, 0.6) is 23.0 Å². The van der Waals surface area contributed by atoms with Gasteiger partial charge in [-0.3, -0.25) is 33.9 Å². The first kappa shape index (κ1) is 57.3. The normalized spacial score (nSPS) is 17.3. The van der Waals surface area contributed by atoms with E-state index in [1.54, 1.807) is 57.5 Å². The van der Waals surface area contributed by atoms with Gasteiger partial charge in [0.15, 0.2) is 23.0 Å². The molecule has 4 aromatic rings. The highest BCUT2D eigenvalue weighted by molar-refractivity contribution is 8.02. The lowest BCUT2D eigenvalue weighted by atomic mass is 10.0. The molecule has 4 heterocycles. The van der Waals surface area contributed by atoms with Crippen molar-refractivity contribution in [1.82, 2.24) is 9.80 Å². The lowest BCUT2D eigenvalue weighted by Gasteiger charge is -2.35. The van der Waals surface area contributed by atoms with Crippen LogP contribution in [0.15, 0.2) is 95.1 Å². The van der Waals surface area contributed by atoms with Crippen molar-refractivity contribution in [2.24, 2.45) is 10.7 Å². The van der Waals surface area contributed by atoms with E-state index in [-0.39, 0.29) is 62.3 Å². The summed E-state index contributed by atoms with van der Waals surface area (Å²) in [6.07, 6.45) is 9.15. The summed E-state index contributed by atoms with van der Waals surface area (Å²) in [5.41, 5.74) is 13.8. The highest BCUT2D eigenvalue weighted by Crippen LogP contribution is 2.44. The second-order valence-corrected chi connectivity index (χ2v) is 22.6. The van der Waals surface area contributed by atoms with E-state index >= 15 is 0 Å². The number of benzene rings is 4. The molecule has 424 valence electrons. The van der Waals surface area contributed by atoms with E-state index in [0.29, 0.717) is 105 Å². The number of primary amides is 1. The molecule has 9 rings (SSSR count). The first-order valence-corrected chi connectivity index (χ1v) is 27.9. The van der Waals surface area contributed by atoms with Crippen LogP contribution in [0.2, 0.25) is 0 Å². The fourth-order valence-electron chi connectivity index (χ4n) is 10.8. The van der Waals surface area contributed by atoms with E-state index in [2.05, 4.69) is 22.4 Å². The van der Waals surface area contributed by atoms with Crippen LogP contribution in [0.4, 0.5) is 22.7 Å². The molecule has 3 N–H and O–H groups in total. The van der Waals surface area contributed by atoms with Crippen molar-refractivity contribution < 1.29 is 57.1 Å². The van der Waals surface area contributed by atoms with E-state index in [4.69, 9.17) is 43.9 Å². The van der Waals surface area contributed by atoms with Gasteiger partial charge in [-0.25, -0.2) is 0 Å². The predicted molar refractivity (Wildman–Crippen MR) is 307 cm³/mol. The maximum absolute atomic E-state index is 14.3. The second-order valence-electron chi connectivity index (χ2n) is 20.7. The number of hydrogen-bond donors (Lipinski definition) is 2. The number of fused-ring (bicyclic) bond motifs is 4. The number of hydrogen-bond acceptors (Lipinski definition) is 16. The topological polar surface area (TPSA) is 213 Å². The molecule has 1 saturated heterocycles. The highest BCUT2D eigenvalue weighted by atomic mass is 32.2. The van der Waals surface area contributed by atoms with Gasteiger partial charge in [0, 0.05) is 99.8 Å². The maximum Gasteiger partial charge on any atom is 0.260 e. The number of methoxy groups -OCH3 is 3. The molecule has 19 nitrogen and oxygen atoms in total. The molecule has 0 aromatic heterocycles. The minimum atomic E-state index is -0.659. The number of para-hydroxylation sites is 1. The summed E-state index contributed by atoms with van der Waals surface area (Å²) in [5, 5.41) is 2.54. The second kappa shape index (κ2) is 25.8. The maximum atomic E-state index is 14.3. The molecular formula is C60H71N7O12S. The molecule has 0 bridgehead atoms. The van der Waals surface area contributed by atoms with Gasteiger partial charge in [0.1, 0.15) is 13.2 Å². The molecule has 0 radical (unpaired) electrons. The minimum absolute atomic E-state index is 0.00729. The Kier molecular flexibility index (Phi) is 18.5. The fraction of sp³-hybridized carbons (Fsp3) is 0.433. The predicted octanol–water partition coefficient (Wildman–Crippen LogP) is 7.64. The molecule has 5 aliphatic rings. The van der Waals surface area contributed by atoms with E-state index in [1.807, 2.05) is 67.4 Å². The van der Waals surface area contributed by atoms with E-state index in [9.17, 15) is 24.0 Å². The minimum Gasteiger partial charge on any atom is -0.493 e. The molecule has 80 heavy (non-hydrogen) atoms. The van der Waals surface area contributed by atoms with Gasteiger partial charge in [0.25, 0.3) is 11.8 Å². The van der Waals surface area contributed by atoms with Gasteiger partial charge in [-0.2, -0.15) is 0 Å². The van der Waals surface area contributed by atoms with Crippen molar-refractivity contribution in [2.75, 3.05) is 103 Å². The number of thioether (sulfide) groups is 1. The molecule has 2 atom stereocenters. The number of anilines is 3. The molecule has 1 aliphatic carbocycles. The average molecular weight is 1110 g/mol. The zero-order valence-electron chi connectivity index (χ0n) is 46.4. The van der Waals surface area contributed by atoms with Crippen LogP contribution in [0, 0.1) is 0 Å². The van der Waals surface area contributed by atoms with Crippen LogP contribution in [-0.4, -0.2) is 149 Å². The molecule has 1 fully saturated rings. The quantitative estimate of drug-likeness (QED) is 0.0434. The first-order valence-electron chi connectivity index (χ1n) is 27.0. The van der Waals surface area contributed by atoms with Crippen molar-refractivity contribution in [3.63, 3.8) is 0 Å². The van der Waals surface area contributed by atoms with E-state index in [1.165, 1.54) is 17.3 Å². The Hall–Kier alpha value is -7.39. The van der Waals surface area contributed by atoms with Gasteiger partial charge in [0.2, 0.25) is 17.7 Å². The fourth-order valence-corrected chi connectivity index (χ4v) is 12.3. The van der Waals surface area contributed by atoms with Crippen molar-refractivity contribution in [3.8, 4) is 23.0 Å². The third kappa shape index (κ3) is 13.1. The van der Waals surface area contributed by atoms with E-state index < -0.39 is 15.9 Å². The zero-order chi connectivity index (χ0) is 56.5. The molecule has 20 heteroatoms. The van der Waals surface area contributed by atoms with Gasteiger partial charge in [-0.05, 0) is 91.8 Å². The third-order valence-corrected chi connectivity index (χ3v) is 16.1. The largest absolute Gasteiger partial charge is 0.493 e. The Bertz CT molecular complexity index is 3090. The number of aliphatic imine (C=N–C) groups is 1. The van der Waals surface area contributed by atoms with Gasteiger partial charge in [-0.1, -0.05) is 30.4 Å². The van der Waals surface area contributed by atoms with Crippen molar-refractivity contribution in [2.45, 2.75) is 81.6 Å². The van der Waals surface area contributed by atoms with Gasteiger partial charge < -0.3 is 58.9 Å². The lowest BCUT2D eigenvalue weighted by molar-refractivity contribution is -0.138. The van der Waals surface area contributed by atoms with Gasteiger partial charge in [0.05, 0.1) is 81.0 Å². The Morgan fingerprint density at radius 3 is 2.29 bits per heavy atom. The van der Waals surface area contributed by atoms with Gasteiger partial charge in [-0.15, -0.1) is 11.8 Å². The number of carbonyl (C=O) groups excluding carboxylic acids is 5. The number of nitrogens with one attached hydrogen (secondary N) is 1. The Morgan fingerprint density at radius 1 is 0.850 bits per heavy atom. The Morgan fingerprint density at radius 2 is 1.56 bits per heavy atom. The summed E-state index contributed by atoms with van der Waals surface area (Å²) < 4.78 is 41.4. The SMILES string of the molecule is CNc1cc(OCc2cc(COc3cc4c(cc3OC)C(=O)N3C5=C(C=CCC5)C[C@H]3C=N4)cc(N(CCOCCOCCOC)CC(C)(C)SC3CC(=O)N(CCC(N)=O)C3=O)c2)c(OC)cc1C(=O)N1CCc2ccccc21. The summed E-state index contributed by atoms with van der Waals surface area (Å²) in [4.78, 5) is 78.6. The number of nitrogens with two attached hydrogens (primary N) is 1.